The normalized spacial score (nSPS) is 10.8. The van der Waals surface area contributed by atoms with Crippen LogP contribution in [0.4, 0.5) is 5.82 Å². The van der Waals surface area contributed by atoms with E-state index in [1.54, 1.807) is 12.1 Å². The molecule has 2 N–H and O–H groups in total. The van der Waals surface area contributed by atoms with Crippen LogP contribution < -0.4 is 14.8 Å². The van der Waals surface area contributed by atoms with Gasteiger partial charge in [-0.25, -0.2) is 14.8 Å². The van der Waals surface area contributed by atoms with Crippen LogP contribution in [0.15, 0.2) is 59.3 Å². The average Bonchev–Trinajstić information content (AvgIpc) is 3.19. The van der Waals surface area contributed by atoms with Gasteiger partial charge in [-0.1, -0.05) is 18.2 Å². The zero-order valence-electron chi connectivity index (χ0n) is 18.5. The van der Waals surface area contributed by atoms with Crippen molar-refractivity contribution in [1.29, 1.82) is 0 Å². The molecule has 0 aliphatic carbocycles. The number of fused-ring (bicyclic) bond motifs is 1. The highest BCUT2D eigenvalue weighted by Crippen LogP contribution is 2.32. The molecule has 170 valence electrons. The molecular formula is C25H25N3O5. The van der Waals surface area contributed by atoms with Crippen molar-refractivity contribution in [2.24, 2.45) is 0 Å². The number of carbonyl (C=O) groups is 1. The number of rotatable bonds is 10. The van der Waals surface area contributed by atoms with Gasteiger partial charge in [-0.05, 0) is 50.1 Å². The Kier molecular flexibility index (Phi) is 6.73. The number of hydrogen-bond donors (Lipinski definition) is 2. The van der Waals surface area contributed by atoms with E-state index >= 15 is 0 Å². The van der Waals surface area contributed by atoms with Gasteiger partial charge in [-0.15, -0.1) is 0 Å². The van der Waals surface area contributed by atoms with Crippen LogP contribution in [0.2, 0.25) is 0 Å². The third-order valence-corrected chi connectivity index (χ3v) is 5.01. The second-order valence-corrected chi connectivity index (χ2v) is 7.43. The molecule has 0 spiro atoms. The topological polar surface area (TPSA) is 107 Å². The minimum Gasteiger partial charge on any atom is -0.490 e. The molecule has 0 fully saturated rings. The summed E-state index contributed by atoms with van der Waals surface area (Å²) < 4.78 is 16.8. The van der Waals surface area contributed by atoms with Gasteiger partial charge >= 0.3 is 5.97 Å². The van der Waals surface area contributed by atoms with Crippen molar-refractivity contribution in [3.63, 3.8) is 0 Å². The molecule has 0 unspecified atom stereocenters. The van der Waals surface area contributed by atoms with E-state index in [0.717, 1.165) is 34.3 Å². The third-order valence-electron chi connectivity index (χ3n) is 5.01. The number of nitrogens with zero attached hydrogens (tertiary/aromatic N) is 2. The van der Waals surface area contributed by atoms with Gasteiger partial charge in [0.05, 0.1) is 12.3 Å². The van der Waals surface area contributed by atoms with Crippen LogP contribution in [0.25, 0.3) is 22.2 Å². The molecule has 8 nitrogen and oxygen atoms in total. The third kappa shape index (κ3) is 5.41. The van der Waals surface area contributed by atoms with Gasteiger partial charge < -0.3 is 24.3 Å². The number of aromatic nitrogens is 2. The summed E-state index contributed by atoms with van der Waals surface area (Å²) >= 11 is 0. The summed E-state index contributed by atoms with van der Waals surface area (Å²) in [5.74, 6) is 1.39. The molecule has 0 radical (unpaired) electrons. The summed E-state index contributed by atoms with van der Waals surface area (Å²) in [5.41, 5.74) is 3.58. The summed E-state index contributed by atoms with van der Waals surface area (Å²) in [5, 5.41) is 13.3. The number of anilines is 1. The number of benzene rings is 2. The smallest absolute Gasteiger partial charge is 0.341 e. The van der Waals surface area contributed by atoms with Crippen LogP contribution in [0.5, 0.6) is 11.5 Å². The monoisotopic (exact) mass is 447 g/mol. The highest BCUT2D eigenvalue weighted by molar-refractivity contribution is 5.81. The molecule has 4 aromatic rings. The Hall–Kier alpha value is -4.07. The van der Waals surface area contributed by atoms with E-state index in [2.05, 4.69) is 21.4 Å². The number of nitrogens with one attached hydrogen (secondary N) is 1. The molecule has 4 rings (SSSR count). The summed E-state index contributed by atoms with van der Waals surface area (Å²) in [6, 6.07) is 15.3. The van der Waals surface area contributed by atoms with Gasteiger partial charge in [0, 0.05) is 23.6 Å². The second-order valence-electron chi connectivity index (χ2n) is 7.43. The Morgan fingerprint density at radius 2 is 1.97 bits per heavy atom. The summed E-state index contributed by atoms with van der Waals surface area (Å²) in [6.45, 7) is 4.47. The Labute approximate surface area is 191 Å². The van der Waals surface area contributed by atoms with E-state index in [4.69, 9.17) is 19.0 Å². The molecule has 8 heteroatoms. The first-order valence-electron chi connectivity index (χ1n) is 10.7. The molecule has 0 atom stereocenters. The van der Waals surface area contributed by atoms with E-state index in [-0.39, 0.29) is 0 Å². The number of para-hydroxylation sites is 1. The molecule has 0 aliphatic heterocycles. The number of carboxylic acids is 1. The standard InChI is InChI=1S/C25H25N3O5/c1-3-31-22-12-18(7-8-21(22)32-14-24(29)30)20-13-23(28-15-27-20)26-10-9-17-5-4-6-19-11-16(2)33-25(17)19/h4-8,11-13,15H,3,9-10,14H2,1-2H3,(H,29,30)(H,26,27,28). The van der Waals surface area contributed by atoms with E-state index in [1.165, 1.54) is 6.33 Å². The minimum absolute atomic E-state index is 0.373. The molecule has 2 aromatic carbocycles. The molecule has 33 heavy (non-hydrogen) atoms. The first kappa shape index (κ1) is 22.1. The zero-order valence-corrected chi connectivity index (χ0v) is 18.5. The van der Waals surface area contributed by atoms with E-state index in [0.29, 0.717) is 36.2 Å². The van der Waals surface area contributed by atoms with Gasteiger partial charge in [0.1, 0.15) is 23.5 Å². The second kappa shape index (κ2) is 10.0. The lowest BCUT2D eigenvalue weighted by Crippen LogP contribution is -2.10. The van der Waals surface area contributed by atoms with E-state index < -0.39 is 12.6 Å². The van der Waals surface area contributed by atoms with Gasteiger partial charge in [0.25, 0.3) is 0 Å². The molecule has 0 saturated heterocycles. The molecule has 0 bridgehead atoms. The quantitative estimate of drug-likeness (QED) is 0.360. The molecular weight excluding hydrogens is 422 g/mol. The molecule has 0 aliphatic rings. The largest absolute Gasteiger partial charge is 0.490 e. The number of aliphatic carboxylic acids is 1. The van der Waals surface area contributed by atoms with Crippen molar-refractivity contribution in [3.8, 4) is 22.8 Å². The first-order chi connectivity index (χ1) is 16.0. The van der Waals surface area contributed by atoms with Crippen LogP contribution in [0.1, 0.15) is 18.2 Å². The SMILES string of the molecule is CCOc1cc(-c2cc(NCCc3cccc4cc(C)oc34)ncn2)ccc1OCC(=O)O. The van der Waals surface area contributed by atoms with Crippen LogP contribution in [0.3, 0.4) is 0 Å². The number of hydrogen-bond acceptors (Lipinski definition) is 7. The van der Waals surface area contributed by atoms with Crippen LogP contribution in [-0.2, 0) is 11.2 Å². The van der Waals surface area contributed by atoms with Crippen molar-refractivity contribution < 1.29 is 23.8 Å². The van der Waals surface area contributed by atoms with Gasteiger partial charge in [0.2, 0.25) is 0 Å². The average molecular weight is 447 g/mol. The molecule has 0 amide bonds. The van der Waals surface area contributed by atoms with Crippen molar-refractivity contribution in [2.75, 3.05) is 25.1 Å². The fourth-order valence-electron chi connectivity index (χ4n) is 3.58. The summed E-state index contributed by atoms with van der Waals surface area (Å²) in [7, 11) is 0. The Morgan fingerprint density at radius 1 is 1.09 bits per heavy atom. The lowest BCUT2D eigenvalue weighted by molar-refractivity contribution is -0.139. The Bertz CT molecular complexity index is 1270. The molecule has 2 aromatic heterocycles. The van der Waals surface area contributed by atoms with Crippen molar-refractivity contribution >= 4 is 22.8 Å². The number of aryl methyl sites for hydroxylation is 1. The van der Waals surface area contributed by atoms with Gasteiger partial charge in [0.15, 0.2) is 18.1 Å². The maximum Gasteiger partial charge on any atom is 0.341 e. The number of ether oxygens (including phenoxy) is 2. The fourth-order valence-corrected chi connectivity index (χ4v) is 3.58. The van der Waals surface area contributed by atoms with Gasteiger partial charge in [-0.3, -0.25) is 0 Å². The first-order valence-corrected chi connectivity index (χ1v) is 10.7. The lowest BCUT2D eigenvalue weighted by atomic mass is 10.1. The van der Waals surface area contributed by atoms with E-state index in [9.17, 15) is 4.79 Å². The predicted octanol–water partition coefficient (Wildman–Crippen LogP) is 4.71. The Balaban J connectivity index is 1.47. The zero-order chi connectivity index (χ0) is 23.2. The minimum atomic E-state index is -1.05. The molecule has 2 heterocycles. The summed E-state index contributed by atoms with van der Waals surface area (Å²) in [4.78, 5) is 19.5. The van der Waals surface area contributed by atoms with Crippen molar-refractivity contribution in [2.45, 2.75) is 20.3 Å². The lowest BCUT2D eigenvalue weighted by Gasteiger charge is -2.13. The number of carboxylic acid groups (broad SMARTS) is 1. The van der Waals surface area contributed by atoms with E-state index in [1.807, 2.05) is 44.2 Å². The van der Waals surface area contributed by atoms with Gasteiger partial charge in [-0.2, -0.15) is 0 Å². The fraction of sp³-hybridized carbons (Fsp3) is 0.240. The predicted molar refractivity (Wildman–Crippen MR) is 125 cm³/mol. The maximum absolute atomic E-state index is 10.8. The maximum atomic E-state index is 10.8. The Morgan fingerprint density at radius 3 is 2.79 bits per heavy atom. The van der Waals surface area contributed by atoms with Crippen LogP contribution in [-0.4, -0.2) is 40.8 Å². The van der Waals surface area contributed by atoms with Crippen LogP contribution >= 0.6 is 0 Å². The van der Waals surface area contributed by atoms with Crippen molar-refractivity contribution in [1.82, 2.24) is 9.97 Å². The van der Waals surface area contributed by atoms with Crippen molar-refractivity contribution in [3.05, 3.63) is 66.2 Å². The number of furan rings is 1. The highest BCUT2D eigenvalue weighted by Gasteiger charge is 2.11. The highest BCUT2D eigenvalue weighted by atomic mass is 16.5. The van der Waals surface area contributed by atoms with Crippen LogP contribution in [0, 0.1) is 6.92 Å². The summed E-state index contributed by atoms with van der Waals surface area (Å²) in [6.07, 6.45) is 2.29. The molecule has 0 saturated carbocycles.